The average molecular weight is 1960 g/mol. The van der Waals surface area contributed by atoms with Gasteiger partial charge in [-0.1, -0.05) is 124 Å². The first-order valence-corrected chi connectivity index (χ1v) is 50.8. The van der Waals surface area contributed by atoms with Crippen LogP contribution in [0.1, 0.15) is 134 Å². The number of piperidine rings is 4. The smallest absolute Gasteiger partial charge is 0.322 e. The summed E-state index contributed by atoms with van der Waals surface area (Å²) in [6.07, 6.45) is 4.05. The molecule has 5 aliphatic rings. The van der Waals surface area contributed by atoms with Crippen LogP contribution in [-0.4, -0.2) is 211 Å². The van der Waals surface area contributed by atoms with Gasteiger partial charge in [0.2, 0.25) is 63.7 Å². The predicted molar refractivity (Wildman–Crippen MR) is 509 cm³/mol. The molecule has 136 heavy (non-hydrogen) atoms. The lowest BCUT2D eigenvalue weighted by Gasteiger charge is -2.34. The van der Waals surface area contributed by atoms with Crippen molar-refractivity contribution >= 4 is 99.4 Å². The van der Waals surface area contributed by atoms with Crippen molar-refractivity contribution in [3.8, 4) is 45.8 Å². The molecule has 4 amide bonds. The summed E-state index contributed by atoms with van der Waals surface area (Å²) in [6, 6.07) is 50.9. The van der Waals surface area contributed by atoms with E-state index in [-0.39, 0.29) is 78.0 Å². The number of aromatic nitrogens is 8. The Balaban J connectivity index is 0.000000146. The number of carbonyl (C=O) groups is 4. The quantitative estimate of drug-likeness (QED) is 0.0397. The fourth-order valence-corrected chi connectivity index (χ4v) is 24.1. The minimum atomic E-state index is -3.63. The van der Waals surface area contributed by atoms with Crippen LogP contribution in [0.15, 0.2) is 231 Å². The van der Waals surface area contributed by atoms with Crippen LogP contribution in [0.5, 0.6) is 0 Å². The standard InChI is InChI=1S/C28H36N6O4S.C23H27N5O4S.C22H23ClN4O4S.C22H23FN4O4S/c1-20-16-21(2)18-34(17-20)39(36,37)25-10-8-23(9-11-25)26(35)29-28-31-30-27(38-28)24-6-4-22(5-7-24)19-33-14-12-32(3)13-15-33;1-15-11-16(2)14-28(13-15)33(30,31)20-9-7-18(8-10-20)21(29)25-23-27-26-22(32-23)19-5-3-17(12-24)4-6-19;2*1-14-10-15(2)13-27(12-14)32(29,30)19-8-6-16(7-9-19)20(28)24-22-26-25-21(31-22)17-4-3-5-18(23)11-17/h4-11,20-21H,12-19H2,1-3H3,(H,29,31,35);3-10,15-16H,11-14,24H2,1-2H3,(H,25,27,29);2*3-9,11,14-15H,10,12-13H2,1-2H3,(H,24,26,28)/t20-,21+;15-,16+;2*14-,15+. The number of piperazine rings is 1. The van der Waals surface area contributed by atoms with Gasteiger partial charge >= 0.3 is 24.1 Å². The highest BCUT2D eigenvalue weighted by Gasteiger charge is 2.37. The van der Waals surface area contributed by atoms with E-state index in [9.17, 15) is 57.2 Å². The molecule has 5 saturated heterocycles. The third-order valence-corrected chi connectivity index (χ3v) is 31.3. The van der Waals surface area contributed by atoms with E-state index in [1.807, 2.05) is 50.2 Å². The molecule has 5 fully saturated rings. The number of halogens is 2. The second kappa shape index (κ2) is 44.0. The van der Waals surface area contributed by atoms with Crippen molar-refractivity contribution in [2.45, 2.75) is 114 Å². The van der Waals surface area contributed by atoms with E-state index in [0.29, 0.717) is 139 Å². The molecule has 12 aromatic rings. The molecule has 0 aliphatic carbocycles. The number of likely N-dealkylation sites (N-methyl/N-ethyl adjacent to an activating group) is 1. The van der Waals surface area contributed by atoms with Crippen molar-refractivity contribution in [2.24, 2.45) is 53.1 Å². The van der Waals surface area contributed by atoms with Crippen LogP contribution in [0.4, 0.5) is 28.4 Å². The maximum absolute atomic E-state index is 13.4. The maximum atomic E-state index is 13.4. The van der Waals surface area contributed by atoms with Crippen LogP contribution in [0.3, 0.4) is 0 Å². The van der Waals surface area contributed by atoms with E-state index in [1.54, 1.807) is 34.6 Å². The van der Waals surface area contributed by atoms with E-state index < -0.39 is 69.5 Å². The van der Waals surface area contributed by atoms with Gasteiger partial charge in [-0.25, -0.2) is 38.1 Å². The molecule has 41 heteroatoms. The second-order valence-corrected chi connectivity index (χ2v) is 44.0. The molecule has 8 aromatic carbocycles. The fraction of sp³-hybridized carbons (Fsp3) is 0.368. The van der Waals surface area contributed by atoms with Crippen LogP contribution < -0.4 is 27.0 Å². The molecule has 0 radical (unpaired) electrons. The lowest BCUT2D eigenvalue weighted by atomic mass is 9.94. The van der Waals surface area contributed by atoms with Crippen LogP contribution in [0, 0.1) is 53.2 Å². The third-order valence-electron chi connectivity index (χ3n) is 23.7. The monoisotopic (exact) mass is 1950 g/mol. The number of amides is 4. The van der Waals surface area contributed by atoms with E-state index in [4.69, 9.17) is 35.0 Å². The fourth-order valence-electron chi connectivity index (χ4n) is 17.2. The summed E-state index contributed by atoms with van der Waals surface area (Å²) in [6.45, 7) is 26.1. The molecule has 0 unspecified atom stereocenters. The third kappa shape index (κ3) is 25.6. The molecule has 0 spiro atoms. The van der Waals surface area contributed by atoms with Gasteiger partial charge in [0, 0.05) is 141 Å². The van der Waals surface area contributed by atoms with Gasteiger partial charge in [0.15, 0.2) is 0 Å². The zero-order valence-corrected chi connectivity index (χ0v) is 80.6. The average Bonchev–Trinajstić information content (AvgIpc) is 1.48. The molecule has 0 bridgehead atoms. The highest BCUT2D eigenvalue weighted by atomic mass is 35.5. The van der Waals surface area contributed by atoms with Gasteiger partial charge in [-0.05, 0) is 249 Å². The highest BCUT2D eigenvalue weighted by Crippen LogP contribution is 2.35. The molecule has 4 aromatic heterocycles. The van der Waals surface area contributed by atoms with Crippen molar-refractivity contribution < 1.29 is 74.9 Å². The van der Waals surface area contributed by atoms with Crippen molar-refractivity contribution in [3.63, 3.8) is 0 Å². The number of benzene rings is 8. The van der Waals surface area contributed by atoms with Crippen LogP contribution in [-0.2, 0) is 53.2 Å². The Bertz CT molecular complexity index is 6420. The molecular formula is C95H109ClFN19O16S4. The van der Waals surface area contributed by atoms with Gasteiger partial charge in [0.05, 0.1) is 19.6 Å². The molecule has 0 saturated carbocycles. The van der Waals surface area contributed by atoms with Gasteiger partial charge in [-0.2, -0.15) is 17.2 Å². The van der Waals surface area contributed by atoms with Gasteiger partial charge in [0.1, 0.15) is 5.82 Å². The van der Waals surface area contributed by atoms with Gasteiger partial charge in [-0.3, -0.25) is 45.3 Å². The Kier molecular flexibility index (Phi) is 32.3. The summed E-state index contributed by atoms with van der Waals surface area (Å²) in [5, 5.41) is 41.8. The number of nitrogens with two attached hydrogens (primary N) is 1. The Labute approximate surface area is 794 Å². The Hall–Kier alpha value is -12.1. The first-order chi connectivity index (χ1) is 64.9. The normalized spacial score (nSPS) is 20.1. The van der Waals surface area contributed by atoms with Crippen molar-refractivity contribution in [3.05, 3.63) is 238 Å². The number of nitrogens with one attached hydrogen (secondary N) is 4. The topological polar surface area (TPSA) is 454 Å². The summed E-state index contributed by atoms with van der Waals surface area (Å²) < 4.78 is 146. The SMILES string of the molecule is C[C@@H]1C[C@H](C)CN(S(=O)(=O)c2ccc(C(=O)Nc3nnc(-c4ccc(CN)cc4)o3)cc2)C1.C[C@@H]1C[C@H](C)CN(S(=O)(=O)c2ccc(C(=O)Nc3nnc(-c4ccc(CN5CCN(C)CC5)cc4)o3)cc2)C1.C[C@@H]1C[C@H](C)CN(S(=O)(=O)c2ccc(C(=O)Nc3nnc(-c4cccc(Cl)c4)o3)cc2)C1.C[C@@H]1C[C@H](C)CN(S(=O)(=O)c2ccc(C(=O)Nc3nnc(-c4cccc(F)c4)o3)cc2)C1. The van der Waals surface area contributed by atoms with Crippen molar-refractivity contribution in [1.82, 2.24) is 67.8 Å². The van der Waals surface area contributed by atoms with Crippen molar-refractivity contribution in [2.75, 3.05) is 107 Å². The van der Waals surface area contributed by atoms with Crippen LogP contribution in [0.25, 0.3) is 45.8 Å². The second-order valence-electron chi connectivity index (χ2n) is 35.8. The predicted octanol–water partition coefficient (Wildman–Crippen LogP) is 14.6. The molecule has 6 N–H and O–H groups in total. The van der Waals surface area contributed by atoms with Gasteiger partial charge in [0.25, 0.3) is 23.6 Å². The van der Waals surface area contributed by atoms with Crippen LogP contribution in [0.2, 0.25) is 5.02 Å². The van der Waals surface area contributed by atoms with Gasteiger partial charge < -0.3 is 28.3 Å². The Morgan fingerprint density at radius 1 is 0.353 bits per heavy atom. The summed E-state index contributed by atoms with van der Waals surface area (Å²) >= 11 is 5.97. The number of hydrogen-bond acceptors (Lipinski definition) is 27. The molecule has 9 heterocycles. The largest absolute Gasteiger partial charge is 0.403 e. The number of hydrogen-bond donors (Lipinski definition) is 5. The molecule has 35 nitrogen and oxygen atoms in total. The maximum Gasteiger partial charge on any atom is 0.322 e. The summed E-state index contributed by atoms with van der Waals surface area (Å²) in [5.41, 5.74) is 11.3. The number of rotatable bonds is 23. The lowest BCUT2D eigenvalue weighted by molar-refractivity contribution is 0.101. The number of sulfonamides is 4. The first-order valence-electron chi connectivity index (χ1n) is 44.7. The Morgan fingerprint density at radius 3 is 0.890 bits per heavy atom. The molecule has 5 aliphatic heterocycles. The summed E-state index contributed by atoms with van der Waals surface area (Å²) in [7, 11) is -12.3. The van der Waals surface area contributed by atoms with E-state index in [2.05, 4.69) is 133 Å². The molecule has 718 valence electrons. The minimum Gasteiger partial charge on any atom is -0.403 e. The van der Waals surface area contributed by atoms with E-state index >= 15 is 0 Å². The van der Waals surface area contributed by atoms with Gasteiger partial charge in [-0.15, -0.1) is 20.4 Å². The first kappa shape index (κ1) is 99.9. The highest BCUT2D eigenvalue weighted by molar-refractivity contribution is 7.90. The number of nitrogens with zero attached hydrogens (tertiary/aromatic N) is 14. The Morgan fingerprint density at radius 2 is 0.618 bits per heavy atom. The summed E-state index contributed by atoms with van der Waals surface area (Å²) in [5.74, 6) is 0.894. The number of anilines is 4. The molecule has 8 atom stereocenters. The van der Waals surface area contributed by atoms with Crippen molar-refractivity contribution in [1.29, 1.82) is 0 Å². The molecule has 17 rings (SSSR count). The lowest BCUT2D eigenvalue weighted by Crippen LogP contribution is -2.43. The van der Waals surface area contributed by atoms with Crippen LogP contribution >= 0.6 is 11.6 Å². The summed E-state index contributed by atoms with van der Waals surface area (Å²) in [4.78, 5) is 55.8. The van der Waals surface area contributed by atoms with E-state index in [0.717, 1.165) is 69.5 Å². The molecular weight excluding hydrogens is 1850 g/mol. The zero-order valence-electron chi connectivity index (χ0n) is 76.6. The van der Waals surface area contributed by atoms with E-state index in [1.165, 1.54) is 134 Å². The minimum absolute atomic E-state index is 0.0236. The number of carbonyl (C=O) groups excluding carboxylic acids is 4. The zero-order chi connectivity index (χ0) is 96.9.